The van der Waals surface area contributed by atoms with E-state index in [0.29, 0.717) is 24.2 Å². The molecule has 1 spiro atoms. The predicted molar refractivity (Wildman–Crippen MR) is 216 cm³/mol. The second kappa shape index (κ2) is 16.8. The van der Waals surface area contributed by atoms with E-state index >= 15 is 0 Å². The van der Waals surface area contributed by atoms with Gasteiger partial charge in [-0.25, -0.2) is 14.5 Å². The first-order valence-electron chi connectivity index (χ1n) is 19.3. The van der Waals surface area contributed by atoms with Gasteiger partial charge in [-0.3, -0.25) is 14.4 Å². The Bertz CT molecular complexity index is 1870. The molecule has 2 aromatic carbocycles. The van der Waals surface area contributed by atoms with E-state index in [1.807, 2.05) is 4.90 Å². The summed E-state index contributed by atoms with van der Waals surface area (Å²) in [6.45, 7) is 19.4. The van der Waals surface area contributed by atoms with Crippen LogP contribution in [0.3, 0.4) is 0 Å². The fourth-order valence-corrected chi connectivity index (χ4v) is 8.06. The number of anilines is 2. The number of amides is 5. The Morgan fingerprint density at radius 2 is 1.70 bits per heavy atom. The molecular formula is C41H57N5O10Si. The van der Waals surface area contributed by atoms with Crippen molar-refractivity contribution in [2.45, 2.75) is 110 Å². The molecule has 1 saturated heterocycles. The van der Waals surface area contributed by atoms with Crippen LogP contribution in [0.5, 0.6) is 11.5 Å². The molecule has 2 heterocycles. The molecule has 2 fully saturated rings. The highest BCUT2D eigenvalue weighted by Gasteiger charge is 2.59. The summed E-state index contributed by atoms with van der Waals surface area (Å²) in [6.07, 6.45) is 1.66. The van der Waals surface area contributed by atoms with Crippen LogP contribution in [0.4, 0.5) is 21.0 Å². The zero-order chi connectivity index (χ0) is 42.0. The van der Waals surface area contributed by atoms with E-state index in [2.05, 4.69) is 56.4 Å². The van der Waals surface area contributed by atoms with Crippen LogP contribution in [0.2, 0.25) is 18.1 Å². The largest absolute Gasteiger partial charge is 0.504 e. The van der Waals surface area contributed by atoms with Crippen LogP contribution in [0.15, 0.2) is 49.1 Å². The number of aromatic hydroxyl groups is 1. The third-order valence-electron chi connectivity index (χ3n) is 11.4. The fourth-order valence-electron chi connectivity index (χ4n) is 6.84. The van der Waals surface area contributed by atoms with Crippen molar-refractivity contribution in [2.75, 3.05) is 30.5 Å². The second-order valence-corrected chi connectivity index (χ2v) is 21.9. The number of fused-ring (bicyclic) bond motifs is 2. The van der Waals surface area contributed by atoms with Gasteiger partial charge in [-0.2, -0.15) is 0 Å². The van der Waals surface area contributed by atoms with E-state index in [9.17, 15) is 29.1 Å². The lowest BCUT2D eigenvalue weighted by molar-refractivity contribution is -0.128. The summed E-state index contributed by atoms with van der Waals surface area (Å²) >= 11 is 0. The van der Waals surface area contributed by atoms with Crippen molar-refractivity contribution < 1.29 is 47.7 Å². The van der Waals surface area contributed by atoms with Gasteiger partial charge in [0.05, 0.1) is 24.4 Å². The number of alkyl carbamates (subject to hydrolysis) is 1. The standard InChI is InChI=1S/C41H57N5O10Si/c1-11-18-54-38(51)44-33(24(2)3)35(49)42-25(4)34(48)43-27-14-12-26(13-15-27)22-55-39(52)46-29-20-31(47)32(53-8)19-28(29)36(50)45-23-41(16-17-41)21-30(45)37(46)56-57(9,10)40(5,6)7/h11-15,19-20,24-25,30,33,37,47H,1,16-18,21-23H2,2-10H3,(H,42,49)(H,43,48)(H,44,51)/t25-,30-,33-,37?/m0/s1. The third-order valence-corrected chi connectivity index (χ3v) is 15.9. The van der Waals surface area contributed by atoms with Gasteiger partial charge in [0.2, 0.25) is 11.8 Å². The zero-order valence-corrected chi connectivity index (χ0v) is 35.4. The summed E-state index contributed by atoms with van der Waals surface area (Å²) in [4.78, 5) is 69.9. The molecule has 1 aliphatic carbocycles. The maximum absolute atomic E-state index is 14.4. The summed E-state index contributed by atoms with van der Waals surface area (Å²) in [5.41, 5.74) is 1.41. The number of nitrogens with one attached hydrogen (secondary N) is 3. The van der Waals surface area contributed by atoms with E-state index < -0.39 is 56.7 Å². The summed E-state index contributed by atoms with van der Waals surface area (Å²) in [5.74, 6) is -1.71. The van der Waals surface area contributed by atoms with Crippen molar-refractivity contribution in [3.63, 3.8) is 0 Å². The minimum absolute atomic E-state index is 0.0124. The van der Waals surface area contributed by atoms with Crippen molar-refractivity contribution in [1.29, 1.82) is 0 Å². The summed E-state index contributed by atoms with van der Waals surface area (Å²) in [5, 5.41) is 18.6. The number of rotatable bonds is 13. The summed E-state index contributed by atoms with van der Waals surface area (Å²) in [6, 6.07) is 7.18. The summed E-state index contributed by atoms with van der Waals surface area (Å²) < 4.78 is 23.3. The highest BCUT2D eigenvalue weighted by molar-refractivity contribution is 6.74. The first kappa shape index (κ1) is 43.0. The Labute approximate surface area is 335 Å². The molecule has 2 aliphatic heterocycles. The van der Waals surface area contributed by atoms with Gasteiger partial charge in [-0.15, -0.1) is 0 Å². The summed E-state index contributed by atoms with van der Waals surface area (Å²) in [7, 11) is -1.16. The predicted octanol–water partition coefficient (Wildman–Crippen LogP) is 6.28. The Morgan fingerprint density at radius 3 is 2.28 bits per heavy atom. The highest BCUT2D eigenvalue weighted by Crippen LogP contribution is 2.57. The first-order valence-corrected chi connectivity index (χ1v) is 22.2. The number of carbonyl (C=O) groups is 5. The van der Waals surface area contributed by atoms with E-state index in [4.69, 9.17) is 18.6 Å². The second-order valence-electron chi connectivity index (χ2n) is 17.1. The molecule has 310 valence electrons. The highest BCUT2D eigenvalue weighted by atomic mass is 28.4. The van der Waals surface area contributed by atoms with Crippen molar-refractivity contribution in [2.24, 2.45) is 11.3 Å². The van der Waals surface area contributed by atoms with Gasteiger partial charge in [0.15, 0.2) is 26.0 Å². The molecule has 5 amide bonds. The lowest BCUT2D eigenvalue weighted by Crippen LogP contribution is -2.58. The number of hydrogen-bond donors (Lipinski definition) is 4. The Kier molecular flexibility index (Phi) is 12.7. The van der Waals surface area contributed by atoms with E-state index in [-0.39, 0.29) is 58.2 Å². The van der Waals surface area contributed by atoms with Crippen LogP contribution in [0, 0.1) is 11.3 Å². The van der Waals surface area contributed by atoms with Crippen LogP contribution in [-0.2, 0) is 30.1 Å². The number of hydrogen-bond acceptors (Lipinski definition) is 10. The van der Waals surface area contributed by atoms with E-state index in [0.717, 1.165) is 12.8 Å². The molecule has 1 unspecified atom stereocenters. The van der Waals surface area contributed by atoms with Crippen molar-refractivity contribution in [3.05, 3.63) is 60.2 Å². The monoisotopic (exact) mass is 807 g/mol. The maximum atomic E-state index is 14.4. The SMILES string of the molecule is C=CCOC(=O)N[C@H](C(=O)N[C@@H](C)C(=O)Nc1ccc(COC(=O)N2c3cc(O)c(OC)cc3C(=O)N3CC4(CC4)C[C@H]3C2O[Si](C)(C)C(C)(C)C)cc1)C(C)C. The number of ether oxygens (including phenoxy) is 3. The molecule has 2 aromatic rings. The molecule has 1 saturated carbocycles. The Morgan fingerprint density at radius 1 is 1.04 bits per heavy atom. The van der Waals surface area contributed by atoms with Gasteiger partial charge in [0.25, 0.3) is 5.91 Å². The van der Waals surface area contributed by atoms with Gasteiger partial charge in [0.1, 0.15) is 25.3 Å². The minimum Gasteiger partial charge on any atom is -0.504 e. The molecule has 4 atom stereocenters. The molecule has 5 rings (SSSR count). The van der Waals surface area contributed by atoms with Crippen molar-refractivity contribution in [3.8, 4) is 11.5 Å². The number of phenols is 1. The number of methoxy groups -OCH3 is 1. The van der Waals surface area contributed by atoms with Crippen molar-refractivity contribution in [1.82, 2.24) is 15.5 Å². The molecule has 16 heteroatoms. The van der Waals surface area contributed by atoms with Crippen LogP contribution in [0.25, 0.3) is 0 Å². The van der Waals surface area contributed by atoms with Gasteiger partial charge in [-0.1, -0.05) is 59.4 Å². The van der Waals surface area contributed by atoms with Crippen LogP contribution >= 0.6 is 0 Å². The number of phenolic OH excluding ortho intramolecular Hbond substituents is 1. The molecule has 3 aliphatic rings. The molecule has 0 bridgehead atoms. The van der Waals surface area contributed by atoms with E-state index in [1.54, 1.807) is 38.1 Å². The topological polar surface area (TPSA) is 185 Å². The normalized spacial score (nSPS) is 19.4. The molecule has 15 nitrogen and oxygen atoms in total. The van der Waals surface area contributed by atoms with E-state index in [1.165, 1.54) is 37.1 Å². The minimum atomic E-state index is -2.57. The smallest absolute Gasteiger partial charge is 0.416 e. The molecule has 0 radical (unpaired) electrons. The van der Waals surface area contributed by atoms with Gasteiger partial charge >= 0.3 is 12.2 Å². The fraction of sp³-hybridized carbons (Fsp3) is 0.537. The van der Waals surface area contributed by atoms with Crippen LogP contribution in [0.1, 0.15) is 76.7 Å². The number of carbonyl (C=O) groups excluding carboxylic acids is 5. The molecule has 4 N–H and O–H groups in total. The first-order chi connectivity index (χ1) is 26.7. The quantitative estimate of drug-likeness (QED) is 0.133. The molecule has 57 heavy (non-hydrogen) atoms. The number of nitrogens with zero attached hydrogens (tertiary/aromatic N) is 2. The van der Waals surface area contributed by atoms with Crippen LogP contribution < -0.4 is 25.6 Å². The molecule has 0 aromatic heterocycles. The average molecular weight is 808 g/mol. The number of benzene rings is 2. The van der Waals surface area contributed by atoms with Crippen molar-refractivity contribution >= 4 is 49.6 Å². The zero-order valence-electron chi connectivity index (χ0n) is 34.4. The lowest BCUT2D eigenvalue weighted by atomic mass is 10.0. The average Bonchev–Trinajstić information content (AvgIpc) is 3.81. The van der Waals surface area contributed by atoms with Gasteiger partial charge in [0, 0.05) is 18.3 Å². The maximum Gasteiger partial charge on any atom is 0.416 e. The van der Waals surface area contributed by atoms with Gasteiger partial charge in [-0.05, 0) is 79.4 Å². The lowest BCUT2D eigenvalue weighted by Gasteiger charge is -2.44. The van der Waals surface area contributed by atoms with Crippen LogP contribution in [-0.4, -0.2) is 92.8 Å². The third kappa shape index (κ3) is 9.55. The van der Waals surface area contributed by atoms with Gasteiger partial charge < -0.3 is 44.6 Å². The Hall–Kier alpha value is -5.09. The Balaban J connectivity index is 1.32. The molecular weight excluding hydrogens is 751 g/mol.